The maximum atomic E-state index is 14.4. The van der Waals surface area contributed by atoms with Crippen molar-refractivity contribution in [3.63, 3.8) is 0 Å². The Labute approximate surface area is 472 Å². The summed E-state index contributed by atoms with van der Waals surface area (Å²) in [6, 6.07) is 38.0. The van der Waals surface area contributed by atoms with Gasteiger partial charge in [0.05, 0.1) is 12.1 Å². The standard InChI is InChI=1S/C65H92N8O6/c1-50(66-3)62(76)68-58(40-38-52-26-14-10-15-27-52)64(78)72-44-24-34-56(72)48-70(46-42-54-30-18-12-19-31-54)60(74)36-22-8-6-5-7-9-23-37-61(75)71(47-43-55-32-20-13-21-33-55)49-57-35-25-45-73(57)65(79)59(69-63(77)51(2)67-4)41-39-53-28-16-11-17-29-53/h10-21,26-33,50-51,56-59,66-67H,5-9,22-25,34-49H2,1-4H3,(H,68,76)(H,69,77)/t50-,51-,56-,57-,58-,59-/m0/s1. The van der Waals surface area contributed by atoms with Crippen molar-refractivity contribution >= 4 is 35.4 Å². The summed E-state index contributed by atoms with van der Waals surface area (Å²) in [6.07, 6.45) is 14.4. The van der Waals surface area contributed by atoms with Crippen LogP contribution in [0.25, 0.3) is 0 Å². The summed E-state index contributed by atoms with van der Waals surface area (Å²) >= 11 is 0. The molecule has 0 unspecified atom stereocenters. The molecule has 0 spiro atoms. The van der Waals surface area contributed by atoms with Gasteiger partial charge in [-0.25, -0.2) is 0 Å². The van der Waals surface area contributed by atoms with E-state index in [0.717, 1.165) is 106 Å². The second-order valence-corrected chi connectivity index (χ2v) is 22.0. The molecule has 0 saturated carbocycles. The van der Waals surface area contributed by atoms with Gasteiger partial charge in [0.1, 0.15) is 12.1 Å². The normalized spacial score (nSPS) is 16.7. The molecule has 14 heteroatoms. The number of carbonyl (C=O) groups is 6. The Morgan fingerprint density at radius 1 is 0.468 bits per heavy atom. The molecule has 0 aromatic heterocycles. The van der Waals surface area contributed by atoms with E-state index in [1.165, 1.54) is 0 Å². The molecule has 0 radical (unpaired) electrons. The first kappa shape index (κ1) is 61.8. The number of rotatable bonds is 34. The highest BCUT2D eigenvalue weighted by Gasteiger charge is 2.37. The number of likely N-dealkylation sites (N-methyl/N-ethyl adjacent to an activating group) is 2. The van der Waals surface area contributed by atoms with Gasteiger partial charge in [0.25, 0.3) is 0 Å². The lowest BCUT2D eigenvalue weighted by Gasteiger charge is -2.33. The Hall–Kier alpha value is -6.38. The summed E-state index contributed by atoms with van der Waals surface area (Å²) < 4.78 is 0. The van der Waals surface area contributed by atoms with E-state index in [-0.39, 0.29) is 47.5 Å². The van der Waals surface area contributed by atoms with E-state index in [9.17, 15) is 28.8 Å². The molecule has 14 nitrogen and oxygen atoms in total. The Bertz CT molecular complexity index is 2280. The first-order valence-electron chi connectivity index (χ1n) is 29.7. The number of nitrogens with zero attached hydrogens (tertiary/aromatic N) is 4. The van der Waals surface area contributed by atoms with Crippen LogP contribution in [0.5, 0.6) is 0 Å². The fraction of sp³-hybridized carbons (Fsp3) is 0.538. The van der Waals surface area contributed by atoms with Gasteiger partial charge < -0.3 is 40.9 Å². The average Bonchev–Trinajstić information content (AvgIpc) is 4.18. The molecule has 2 aliphatic rings. The van der Waals surface area contributed by atoms with Crippen molar-refractivity contribution in [1.29, 1.82) is 0 Å². The highest BCUT2D eigenvalue weighted by molar-refractivity contribution is 5.91. The van der Waals surface area contributed by atoms with E-state index in [1.54, 1.807) is 27.9 Å². The van der Waals surface area contributed by atoms with Crippen molar-refractivity contribution in [2.24, 2.45) is 0 Å². The van der Waals surface area contributed by atoms with Crippen LogP contribution in [-0.4, -0.2) is 145 Å². The van der Waals surface area contributed by atoms with Crippen molar-refractivity contribution < 1.29 is 28.8 Å². The third-order valence-corrected chi connectivity index (χ3v) is 16.2. The molecule has 0 bridgehead atoms. The summed E-state index contributed by atoms with van der Waals surface area (Å²) in [6.45, 7) is 6.85. The second-order valence-electron chi connectivity index (χ2n) is 22.0. The lowest BCUT2D eigenvalue weighted by Crippen LogP contribution is -2.55. The second kappa shape index (κ2) is 33.9. The van der Waals surface area contributed by atoms with Crippen LogP contribution < -0.4 is 21.3 Å². The summed E-state index contributed by atoms with van der Waals surface area (Å²) in [5.74, 6) is -0.356. The topological polar surface area (TPSA) is 163 Å². The van der Waals surface area contributed by atoms with Gasteiger partial charge in [-0.1, -0.05) is 153 Å². The highest BCUT2D eigenvalue weighted by Crippen LogP contribution is 2.24. The number of aryl methyl sites for hydroxylation is 2. The molecule has 79 heavy (non-hydrogen) atoms. The zero-order valence-electron chi connectivity index (χ0n) is 47.9. The number of unbranched alkanes of at least 4 members (excludes halogenated alkanes) is 6. The summed E-state index contributed by atoms with van der Waals surface area (Å²) in [5.41, 5.74) is 4.55. The Morgan fingerprint density at radius 2 is 0.785 bits per heavy atom. The lowest BCUT2D eigenvalue weighted by atomic mass is 10.0. The quantitative estimate of drug-likeness (QED) is 0.0342. The molecule has 428 valence electrons. The molecule has 6 amide bonds. The van der Waals surface area contributed by atoms with Gasteiger partial charge in [0, 0.05) is 64.2 Å². The van der Waals surface area contributed by atoms with Crippen LogP contribution in [-0.2, 0) is 54.5 Å². The van der Waals surface area contributed by atoms with E-state index < -0.39 is 24.2 Å². The SMILES string of the molecule is CN[C@@H](C)C(=O)N[C@@H](CCc1ccccc1)C(=O)N1CCC[C@H]1CN(CCc1ccccc1)C(=O)CCCCCCCCCC(=O)N(CCc1ccccc1)C[C@@H]1CCCN1C(=O)[C@H](CCc1ccccc1)NC(=O)[C@H](C)NC. The van der Waals surface area contributed by atoms with Gasteiger partial charge in [-0.2, -0.15) is 0 Å². The number of amides is 6. The van der Waals surface area contributed by atoms with Crippen LogP contribution in [0, 0.1) is 0 Å². The van der Waals surface area contributed by atoms with Crippen LogP contribution >= 0.6 is 0 Å². The van der Waals surface area contributed by atoms with Crippen molar-refractivity contribution in [1.82, 2.24) is 40.9 Å². The Kier molecular flexibility index (Phi) is 26.5. The van der Waals surface area contributed by atoms with E-state index in [2.05, 4.69) is 45.5 Å². The first-order valence-corrected chi connectivity index (χ1v) is 29.7. The van der Waals surface area contributed by atoms with E-state index in [4.69, 9.17) is 0 Å². The van der Waals surface area contributed by atoms with E-state index >= 15 is 0 Å². The molecule has 2 aliphatic heterocycles. The third kappa shape index (κ3) is 20.7. The summed E-state index contributed by atoms with van der Waals surface area (Å²) in [4.78, 5) is 91.1. The van der Waals surface area contributed by atoms with Gasteiger partial charge >= 0.3 is 0 Å². The van der Waals surface area contributed by atoms with Crippen molar-refractivity contribution in [2.75, 3.05) is 53.4 Å². The predicted molar refractivity (Wildman–Crippen MR) is 315 cm³/mol. The molecule has 4 aromatic rings. The minimum Gasteiger partial charge on any atom is -0.343 e. The third-order valence-electron chi connectivity index (χ3n) is 16.2. The minimum absolute atomic E-state index is 0.0812. The summed E-state index contributed by atoms with van der Waals surface area (Å²) in [7, 11) is 3.47. The van der Waals surface area contributed by atoms with Crippen molar-refractivity contribution in [3.8, 4) is 0 Å². The maximum absolute atomic E-state index is 14.4. The molecule has 2 heterocycles. The van der Waals surface area contributed by atoms with Gasteiger partial charge in [-0.05, 0) is 127 Å². The lowest BCUT2D eigenvalue weighted by molar-refractivity contribution is -0.139. The molecular weight excluding hydrogens is 989 g/mol. The Morgan fingerprint density at radius 3 is 1.11 bits per heavy atom. The first-order chi connectivity index (χ1) is 38.4. The number of hydrogen-bond donors (Lipinski definition) is 4. The average molecular weight is 1080 g/mol. The van der Waals surface area contributed by atoms with E-state index in [0.29, 0.717) is 77.8 Å². The monoisotopic (exact) mass is 1080 g/mol. The number of nitrogens with one attached hydrogen (secondary N) is 4. The van der Waals surface area contributed by atoms with Crippen LogP contribution in [0.1, 0.15) is 132 Å². The van der Waals surface area contributed by atoms with Crippen LogP contribution in [0.15, 0.2) is 121 Å². The molecule has 4 aromatic carbocycles. The van der Waals surface area contributed by atoms with Crippen LogP contribution in [0.4, 0.5) is 0 Å². The number of likely N-dealkylation sites (tertiary alicyclic amines) is 2. The van der Waals surface area contributed by atoms with Gasteiger partial charge in [-0.15, -0.1) is 0 Å². The number of benzene rings is 4. The zero-order valence-corrected chi connectivity index (χ0v) is 47.9. The van der Waals surface area contributed by atoms with Gasteiger partial charge in [0.2, 0.25) is 35.4 Å². The molecule has 6 rings (SSSR count). The Balaban J connectivity index is 0.981. The number of carbonyl (C=O) groups excluding carboxylic acids is 6. The summed E-state index contributed by atoms with van der Waals surface area (Å²) in [5, 5.41) is 12.1. The van der Waals surface area contributed by atoms with Gasteiger partial charge in [-0.3, -0.25) is 28.8 Å². The number of hydrogen-bond acceptors (Lipinski definition) is 8. The molecule has 2 saturated heterocycles. The van der Waals surface area contributed by atoms with Crippen molar-refractivity contribution in [2.45, 2.75) is 172 Å². The zero-order chi connectivity index (χ0) is 56.2. The fourth-order valence-corrected chi connectivity index (χ4v) is 11.0. The molecule has 4 N–H and O–H groups in total. The molecule has 6 atom stereocenters. The molecule has 0 aliphatic carbocycles. The fourth-order valence-electron chi connectivity index (χ4n) is 11.0. The predicted octanol–water partition coefficient (Wildman–Crippen LogP) is 8.07. The minimum atomic E-state index is -0.672. The van der Waals surface area contributed by atoms with E-state index in [1.807, 2.05) is 117 Å². The highest BCUT2D eigenvalue weighted by atomic mass is 16.2. The van der Waals surface area contributed by atoms with Crippen LogP contribution in [0.2, 0.25) is 0 Å². The van der Waals surface area contributed by atoms with Gasteiger partial charge in [0.15, 0.2) is 0 Å². The van der Waals surface area contributed by atoms with Crippen molar-refractivity contribution in [3.05, 3.63) is 144 Å². The molecular formula is C65H92N8O6. The van der Waals surface area contributed by atoms with Crippen LogP contribution in [0.3, 0.4) is 0 Å². The largest absolute Gasteiger partial charge is 0.343 e. The maximum Gasteiger partial charge on any atom is 0.245 e. The molecule has 2 fully saturated rings. The smallest absolute Gasteiger partial charge is 0.245 e.